The van der Waals surface area contributed by atoms with Gasteiger partial charge in [0.1, 0.15) is 0 Å². The monoisotopic (exact) mass is 445 g/mol. The smallest absolute Gasteiger partial charge is 0.289 e. The zero-order chi connectivity index (χ0) is 22.7. The van der Waals surface area contributed by atoms with Crippen molar-refractivity contribution in [3.05, 3.63) is 77.6 Å². The Labute approximate surface area is 194 Å². The first-order chi connectivity index (χ1) is 16.2. The number of hydrogen-bond acceptors (Lipinski definition) is 6. The van der Waals surface area contributed by atoms with Gasteiger partial charge < -0.3 is 9.88 Å². The number of nitrogens with one attached hydrogen (secondary N) is 1. The number of rotatable bonds is 6. The lowest BCUT2D eigenvalue weighted by atomic mass is 9.83. The molecule has 2 aliphatic rings. The highest BCUT2D eigenvalue weighted by Gasteiger charge is 2.46. The fraction of sp³-hybridized carbons (Fsp3) is 0.440. The van der Waals surface area contributed by atoms with Crippen LogP contribution in [-0.2, 0) is 25.0 Å². The van der Waals surface area contributed by atoms with Crippen LogP contribution in [0.3, 0.4) is 0 Å². The van der Waals surface area contributed by atoms with Gasteiger partial charge in [-0.15, -0.1) is 10.2 Å². The van der Waals surface area contributed by atoms with Gasteiger partial charge in [0.2, 0.25) is 5.82 Å². The summed E-state index contributed by atoms with van der Waals surface area (Å²) in [4.78, 5) is 22.0. The first-order valence-corrected chi connectivity index (χ1v) is 11.7. The molecule has 0 aliphatic carbocycles. The summed E-state index contributed by atoms with van der Waals surface area (Å²) in [6, 6.07) is 14.6. The molecule has 0 unspecified atom stereocenters. The molecule has 1 amide bonds. The Kier molecular flexibility index (Phi) is 6.20. The average Bonchev–Trinajstić information content (AvgIpc) is 3.29. The number of carbonyl (C=O) groups is 1. The number of nitrogens with zero attached hydrogens (tertiary/aromatic N) is 6. The quantitative estimate of drug-likeness (QED) is 0.626. The predicted octanol–water partition coefficient (Wildman–Crippen LogP) is 2.08. The fourth-order valence-electron chi connectivity index (χ4n) is 5.14. The largest absolute Gasteiger partial charge is 0.349 e. The van der Waals surface area contributed by atoms with Crippen molar-refractivity contribution in [3.8, 4) is 0 Å². The summed E-state index contributed by atoms with van der Waals surface area (Å²) in [7, 11) is 2.18. The van der Waals surface area contributed by atoms with E-state index in [9.17, 15) is 4.79 Å². The maximum Gasteiger partial charge on any atom is 0.289 e. The topological polar surface area (TPSA) is 79.2 Å². The van der Waals surface area contributed by atoms with Crippen LogP contribution in [0.1, 0.15) is 40.4 Å². The van der Waals surface area contributed by atoms with E-state index >= 15 is 0 Å². The Morgan fingerprint density at radius 1 is 1.00 bits per heavy atom. The highest BCUT2D eigenvalue weighted by atomic mass is 16.2. The molecule has 1 fully saturated rings. The minimum atomic E-state index is -0.160. The number of likely N-dealkylation sites (tertiary alicyclic amines) is 1. The van der Waals surface area contributed by atoms with Gasteiger partial charge in [-0.25, -0.2) is 0 Å². The molecular weight excluding hydrogens is 414 g/mol. The number of amides is 1. The summed E-state index contributed by atoms with van der Waals surface area (Å²) in [5.41, 5.74) is 2.29. The number of aromatic nitrogens is 4. The number of piperidine rings is 1. The highest BCUT2D eigenvalue weighted by molar-refractivity contribution is 5.90. The predicted molar refractivity (Wildman–Crippen MR) is 126 cm³/mol. The molecule has 33 heavy (non-hydrogen) atoms. The van der Waals surface area contributed by atoms with Crippen molar-refractivity contribution in [1.29, 1.82) is 0 Å². The van der Waals surface area contributed by atoms with Crippen LogP contribution in [0, 0.1) is 0 Å². The molecule has 0 bridgehead atoms. The molecule has 2 aliphatic heterocycles. The van der Waals surface area contributed by atoms with Crippen molar-refractivity contribution in [2.75, 3.05) is 33.2 Å². The molecule has 8 nitrogen and oxygen atoms in total. The van der Waals surface area contributed by atoms with E-state index in [4.69, 9.17) is 0 Å². The molecule has 2 aromatic heterocycles. The van der Waals surface area contributed by atoms with Gasteiger partial charge in [0.25, 0.3) is 5.91 Å². The Morgan fingerprint density at radius 3 is 2.55 bits per heavy atom. The van der Waals surface area contributed by atoms with Gasteiger partial charge >= 0.3 is 0 Å². The third-order valence-corrected chi connectivity index (χ3v) is 7.11. The zero-order valence-electron chi connectivity index (χ0n) is 19.2. The zero-order valence-corrected chi connectivity index (χ0v) is 19.2. The van der Waals surface area contributed by atoms with Crippen molar-refractivity contribution < 1.29 is 4.79 Å². The van der Waals surface area contributed by atoms with E-state index < -0.39 is 0 Å². The third kappa shape index (κ3) is 4.41. The fourth-order valence-corrected chi connectivity index (χ4v) is 5.14. The number of fused-ring (bicyclic) bond motifs is 2. The minimum absolute atomic E-state index is 0.154. The van der Waals surface area contributed by atoms with Crippen LogP contribution >= 0.6 is 0 Å². The molecule has 5 rings (SSSR count). The van der Waals surface area contributed by atoms with Crippen LogP contribution in [0.2, 0.25) is 0 Å². The van der Waals surface area contributed by atoms with Gasteiger partial charge in [-0.1, -0.05) is 36.4 Å². The molecule has 0 atom stereocenters. The van der Waals surface area contributed by atoms with Crippen molar-refractivity contribution in [2.24, 2.45) is 0 Å². The molecule has 8 heteroatoms. The Balaban J connectivity index is 1.26. The van der Waals surface area contributed by atoms with Crippen LogP contribution < -0.4 is 5.32 Å². The Hall–Kier alpha value is -3.10. The number of benzene rings is 1. The molecule has 1 spiro atoms. The Morgan fingerprint density at radius 2 is 1.79 bits per heavy atom. The van der Waals surface area contributed by atoms with Crippen molar-refractivity contribution in [3.63, 3.8) is 0 Å². The average molecular weight is 446 g/mol. The summed E-state index contributed by atoms with van der Waals surface area (Å²) in [5.74, 6) is 1.21. The molecule has 1 saturated heterocycles. The summed E-state index contributed by atoms with van der Waals surface area (Å²) in [5, 5.41) is 11.9. The lowest BCUT2D eigenvalue weighted by Gasteiger charge is -2.49. The van der Waals surface area contributed by atoms with Crippen LogP contribution in [0.4, 0.5) is 0 Å². The summed E-state index contributed by atoms with van der Waals surface area (Å²) in [6.45, 7) is 5.14. The van der Waals surface area contributed by atoms with Gasteiger partial charge in [0.05, 0.1) is 5.54 Å². The van der Waals surface area contributed by atoms with Crippen molar-refractivity contribution >= 4 is 5.91 Å². The van der Waals surface area contributed by atoms with E-state index in [1.165, 1.54) is 5.56 Å². The molecule has 172 valence electrons. The number of hydrogen-bond donors (Lipinski definition) is 1. The maximum absolute atomic E-state index is 12.9. The van der Waals surface area contributed by atoms with E-state index in [1.807, 2.05) is 22.9 Å². The van der Waals surface area contributed by atoms with Gasteiger partial charge in [-0.05, 0) is 43.5 Å². The van der Waals surface area contributed by atoms with E-state index in [1.54, 1.807) is 6.20 Å². The van der Waals surface area contributed by atoms with E-state index in [-0.39, 0.29) is 11.4 Å². The Bertz CT molecular complexity index is 1070. The second-order valence-corrected chi connectivity index (χ2v) is 9.08. The molecule has 0 radical (unpaired) electrons. The van der Waals surface area contributed by atoms with Gasteiger partial charge in [-0.2, -0.15) is 0 Å². The molecule has 1 aromatic carbocycles. The van der Waals surface area contributed by atoms with Crippen LogP contribution in [-0.4, -0.2) is 68.7 Å². The third-order valence-electron chi connectivity index (χ3n) is 7.11. The lowest BCUT2D eigenvalue weighted by Crippen LogP contribution is -2.56. The summed E-state index contributed by atoms with van der Waals surface area (Å²) < 4.78 is 2.05. The van der Waals surface area contributed by atoms with Gasteiger partial charge in [0.15, 0.2) is 5.82 Å². The van der Waals surface area contributed by atoms with Crippen LogP contribution in [0.25, 0.3) is 0 Å². The van der Waals surface area contributed by atoms with E-state index in [2.05, 4.69) is 67.7 Å². The van der Waals surface area contributed by atoms with Crippen molar-refractivity contribution in [1.82, 2.24) is 34.9 Å². The van der Waals surface area contributed by atoms with E-state index in [0.29, 0.717) is 12.4 Å². The van der Waals surface area contributed by atoms with Gasteiger partial charge in [-0.3, -0.25) is 19.6 Å². The number of pyridine rings is 1. The number of carbonyl (C=O) groups excluding carboxylic acids is 1. The summed E-state index contributed by atoms with van der Waals surface area (Å²) >= 11 is 0. The SMILES string of the molecule is CN1CCn2c(C(=O)NCCc3cccnc3)nnc2C12CCN(Cc1ccccc1)CC2. The van der Waals surface area contributed by atoms with Crippen LogP contribution in [0.15, 0.2) is 54.9 Å². The standard InChI is InChI=1S/C25H31N7O/c1-30-16-17-32-22(23(33)27-13-9-20-8-5-12-26-18-20)28-29-24(32)25(30)10-14-31(15-11-25)19-21-6-3-2-4-7-21/h2-8,12,18H,9-11,13-17,19H2,1H3,(H,27,33). The number of likely N-dealkylation sites (N-methyl/N-ethyl adjacent to an activating group) is 1. The first kappa shape index (κ1) is 21.7. The van der Waals surface area contributed by atoms with Crippen LogP contribution in [0.5, 0.6) is 0 Å². The molecule has 3 aromatic rings. The molecule has 0 saturated carbocycles. The van der Waals surface area contributed by atoms with E-state index in [0.717, 1.165) is 63.4 Å². The molecule has 4 heterocycles. The second-order valence-electron chi connectivity index (χ2n) is 9.08. The normalized spacial score (nSPS) is 18.2. The maximum atomic E-state index is 12.9. The van der Waals surface area contributed by atoms with Gasteiger partial charge in [0, 0.05) is 51.7 Å². The minimum Gasteiger partial charge on any atom is -0.349 e. The molecule has 1 N–H and O–H groups in total. The van der Waals surface area contributed by atoms with Crippen molar-refractivity contribution in [2.45, 2.75) is 37.9 Å². The first-order valence-electron chi connectivity index (χ1n) is 11.7. The molecular formula is C25H31N7O. The lowest BCUT2D eigenvalue weighted by molar-refractivity contribution is 0.00614. The second kappa shape index (κ2) is 9.41. The highest BCUT2D eigenvalue weighted by Crippen LogP contribution is 2.40. The summed E-state index contributed by atoms with van der Waals surface area (Å²) in [6.07, 6.45) is 6.29.